The van der Waals surface area contributed by atoms with E-state index in [1.165, 1.54) is 0 Å². The van der Waals surface area contributed by atoms with E-state index in [0.29, 0.717) is 17.1 Å². The minimum Gasteiger partial charge on any atom is -0.259 e. The molecule has 0 N–H and O–H groups in total. The van der Waals surface area contributed by atoms with Gasteiger partial charge in [0.05, 0.1) is 23.7 Å². The van der Waals surface area contributed by atoms with Gasteiger partial charge in [-0.3, -0.25) is 4.98 Å². The minimum atomic E-state index is 0.552. The molecule has 2 aromatic heterocycles. The zero-order valence-corrected chi connectivity index (χ0v) is 7.55. The van der Waals surface area contributed by atoms with Crippen LogP contribution in [0, 0.1) is 18.3 Å². The van der Waals surface area contributed by atoms with Gasteiger partial charge < -0.3 is 0 Å². The molecular formula is C9H7N5. The van der Waals surface area contributed by atoms with E-state index in [9.17, 15) is 0 Å². The summed E-state index contributed by atoms with van der Waals surface area (Å²) >= 11 is 0. The molecule has 2 heterocycles. The molecule has 0 unspecified atom stereocenters. The lowest BCUT2D eigenvalue weighted by Crippen LogP contribution is -1.97. The van der Waals surface area contributed by atoms with E-state index < -0.39 is 0 Å². The van der Waals surface area contributed by atoms with Crippen LogP contribution in [0.3, 0.4) is 0 Å². The summed E-state index contributed by atoms with van der Waals surface area (Å²) in [5.74, 6) is 0.608. The van der Waals surface area contributed by atoms with Crippen LogP contribution in [0.25, 0.3) is 5.82 Å². The first-order valence-electron chi connectivity index (χ1n) is 4.04. The average molecular weight is 185 g/mol. The van der Waals surface area contributed by atoms with Gasteiger partial charge in [-0.05, 0) is 6.92 Å². The highest BCUT2D eigenvalue weighted by atomic mass is 15.3. The van der Waals surface area contributed by atoms with Gasteiger partial charge >= 0.3 is 0 Å². The molecule has 0 aliphatic heterocycles. The van der Waals surface area contributed by atoms with Gasteiger partial charge in [-0.25, -0.2) is 9.67 Å². The lowest BCUT2D eigenvalue weighted by Gasteiger charge is -1.96. The third kappa shape index (κ3) is 1.33. The summed E-state index contributed by atoms with van der Waals surface area (Å²) in [4.78, 5) is 7.99. The van der Waals surface area contributed by atoms with Crippen molar-refractivity contribution in [3.8, 4) is 11.9 Å². The van der Waals surface area contributed by atoms with E-state index in [2.05, 4.69) is 21.1 Å². The Morgan fingerprint density at radius 2 is 2.29 bits per heavy atom. The van der Waals surface area contributed by atoms with Gasteiger partial charge in [0.25, 0.3) is 0 Å². The number of aromatic nitrogens is 4. The molecule has 0 radical (unpaired) electrons. The summed E-state index contributed by atoms with van der Waals surface area (Å²) in [6.45, 7) is 1.78. The number of aryl methyl sites for hydroxylation is 1. The maximum Gasteiger partial charge on any atom is 0.171 e. The summed E-state index contributed by atoms with van der Waals surface area (Å²) in [5, 5.41) is 12.9. The molecule has 0 saturated heterocycles. The number of hydrogen-bond acceptors (Lipinski definition) is 4. The van der Waals surface area contributed by atoms with Gasteiger partial charge in [0, 0.05) is 12.4 Å². The molecule has 2 rings (SSSR count). The normalized spacial score (nSPS) is 9.71. The Hall–Kier alpha value is -2.22. The number of nitrogens with zero attached hydrogens (tertiary/aromatic N) is 5. The highest BCUT2D eigenvalue weighted by Crippen LogP contribution is 2.07. The molecular weight excluding hydrogens is 178 g/mol. The highest BCUT2D eigenvalue weighted by Gasteiger charge is 2.05. The summed E-state index contributed by atoms with van der Waals surface area (Å²) in [5.41, 5.74) is 1.24. The molecule has 0 amide bonds. The zero-order chi connectivity index (χ0) is 9.97. The Labute approximate surface area is 80.7 Å². The second kappa shape index (κ2) is 3.26. The van der Waals surface area contributed by atoms with Crippen molar-refractivity contribution in [2.24, 2.45) is 0 Å². The fourth-order valence-electron chi connectivity index (χ4n) is 1.10. The molecule has 0 bridgehead atoms. The summed E-state index contributed by atoms with van der Waals surface area (Å²) in [7, 11) is 0. The van der Waals surface area contributed by atoms with E-state index >= 15 is 0 Å². The lowest BCUT2D eigenvalue weighted by molar-refractivity contribution is 0.824. The van der Waals surface area contributed by atoms with E-state index in [4.69, 9.17) is 5.26 Å². The number of nitriles is 1. The quantitative estimate of drug-likeness (QED) is 0.660. The van der Waals surface area contributed by atoms with Gasteiger partial charge in [-0.2, -0.15) is 10.4 Å². The maximum absolute atomic E-state index is 8.74. The molecule has 0 spiro atoms. The zero-order valence-electron chi connectivity index (χ0n) is 7.55. The third-order valence-electron chi connectivity index (χ3n) is 1.80. The van der Waals surface area contributed by atoms with Crippen LogP contribution in [-0.4, -0.2) is 19.7 Å². The predicted molar refractivity (Wildman–Crippen MR) is 48.6 cm³/mol. The Kier molecular flexibility index (Phi) is 1.95. The minimum absolute atomic E-state index is 0.552. The molecule has 14 heavy (non-hydrogen) atoms. The monoisotopic (exact) mass is 185 g/mol. The largest absolute Gasteiger partial charge is 0.259 e. The molecule has 0 saturated carbocycles. The molecule has 5 nitrogen and oxygen atoms in total. The summed E-state index contributed by atoms with van der Waals surface area (Å²) in [6, 6.07) is 2.05. The Balaban J connectivity index is 2.50. The third-order valence-corrected chi connectivity index (χ3v) is 1.80. The van der Waals surface area contributed by atoms with Crippen LogP contribution < -0.4 is 0 Å². The van der Waals surface area contributed by atoms with E-state index in [1.807, 2.05) is 0 Å². The first-order valence-corrected chi connectivity index (χ1v) is 4.04. The van der Waals surface area contributed by atoms with E-state index in [-0.39, 0.29) is 0 Å². The van der Waals surface area contributed by atoms with Crippen LogP contribution in [0.4, 0.5) is 0 Å². The second-order valence-corrected chi connectivity index (χ2v) is 2.75. The van der Waals surface area contributed by atoms with Crippen molar-refractivity contribution < 1.29 is 0 Å². The fourth-order valence-corrected chi connectivity index (χ4v) is 1.10. The van der Waals surface area contributed by atoms with Crippen LogP contribution >= 0.6 is 0 Å². The van der Waals surface area contributed by atoms with E-state index in [0.717, 1.165) is 0 Å². The van der Waals surface area contributed by atoms with Crippen molar-refractivity contribution in [1.29, 1.82) is 5.26 Å². The number of rotatable bonds is 1. The van der Waals surface area contributed by atoms with Crippen molar-refractivity contribution in [3.05, 3.63) is 36.0 Å². The molecule has 0 fully saturated rings. The van der Waals surface area contributed by atoms with Crippen LogP contribution in [0.2, 0.25) is 0 Å². The Bertz CT molecular complexity index is 480. The van der Waals surface area contributed by atoms with Gasteiger partial charge in [-0.1, -0.05) is 0 Å². The lowest BCUT2D eigenvalue weighted by atomic mass is 10.3. The van der Waals surface area contributed by atoms with Crippen molar-refractivity contribution in [2.45, 2.75) is 6.92 Å². The van der Waals surface area contributed by atoms with E-state index in [1.54, 1.807) is 36.4 Å². The van der Waals surface area contributed by atoms with Crippen LogP contribution in [-0.2, 0) is 0 Å². The Morgan fingerprint density at radius 3 is 2.86 bits per heavy atom. The van der Waals surface area contributed by atoms with Gasteiger partial charge in [0.1, 0.15) is 6.07 Å². The van der Waals surface area contributed by atoms with Gasteiger partial charge in [0.2, 0.25) is 0 Å². The molecule has 0 atom stereocenters. The first kappa shape index (κ1) is 8.38. The maximum atomic E-state index is 8.74. The van der Waals surface area contributed by atoms with Crippen molar-refractivity contribution in [2.75, 3.05) is 0 Å². The van der Waals surface area contributed by atoms with Crippen molar-refractivity contribution in [3.63, 3.8) is 0 Å². The fraction of sp³-hybridized carbons (Fsp3) is 0.111. The first-order chi connectivity index (χ1) is 6.81. The molecule has 0 aromatic carbocycles. The smallest absolute Gasteiger partial charge is 0.171 e. The van der Waals surface area contributed by atoms with Crippen LogP contribution in [0.1, 0.15) is 11.3 Å². The summed E-state index contributed by atoms with van der Waals surface area (Å²) in [6.07, 6.45) is 6.40. The molecule has 68 valence electrons. The topological polar surface area (TPSA) is 67.4 Å². The van der Waals surface area contributed by atoms with Crippen molar-refractivity contribution in [1.82, 2.24) is 19.7 Å². The molecule has 0 aliphatic rings. The molecule has 2 aromatic rings. The van der Waals surface area contributed by atoms with Gasteiger partial charge in [-0.15, -0.1) is 0 Å². The second-order valence-electron chi connectivity index (χ2n) is 2.75. The van der Waals surface area contributed by atoms with Gasteiger partial charge in [0.15, 0.2) is 5.82 Å². The highest BCUT2D eigenvalue weighted by molar-refractivity contribution is 5.32. The average Bonchev–Trinajstić information content (AvgIpc) is 2.61. The summed E-state index contributed by atoms with van der Waals surface area (Å²) < 4.78 is 1.54. The number of hydrogen-bond donors (Lipinski definition) is 0. The van der Waals surface area contributed by atoms with Crippen molar-refractivity contribution >= 4 is 0 Å². The molecule has 5 heteroatoms. The predicted octanol–water partition coefficient (Wildman–Crippen LogP) is 0.842. The van der Waals surface area contributed by atoms with Crippen LogP contribution in [0.15, 0.2) is 24.8 Å². The van der Waals surface area contributed by atoms with Crippen LogP contribution in [0.5, 0.6) is 0 Å². The standard InChI is InChI=1S/C9H7N5/c1-7-8(4-10)6-14(13-7)9-5-11-2-3-12-9/h2-3,5-6H,1H3. The molecule has 0 aliphatic carbocycles. The SMILES string of the molecule is Cc1nn(-c2cnccn2)cc1C#N. The Morgan fingerprint density at radius 1 is 1.43 bits per heavy atom.